The first-order chi connectivity index (χ1) is 8.94. The molecule has 0 aromatic carbocycles. The second kappa shape index (κ2) is 7.15. The minimum absolute atomic E-state index is 0.458. The van der Waals surface area contributed by atoms with Crippen molar-refractivity contribution in [3.63, 3.8) is 0 Å². The van der Waals surface area contributed by atoms with Gasteiger partial charge in [0.2, 0.25) is 0 Å². The summed E-state index contributed by atoms with van der Waals surface area (Å²) in [5, 5.41) is 20.2. The molecule has 0 aliphatic carbocycles. The molecule has 5 nitrogen and oxygen atoms in total. The Morgan fingerprint density at radius 1 is 1.05 bits per heavy atom. The second-order valence-corrected chi connectivity index (χ2v) is 9.98. The summed E-state index contributed by atoms with van der Waals surface area (Å²) in [6.45, 7) is 8.09. The molecule has 1 fully saturated rings. The summed E-state index contributed by atoms with van der Waals surface area (Å²) in [6.07, 6.45) is -3.59. The first kappa shape index (κ1) is 17.1. The fourth-order valence-electron chi connectivity index (χ4n) is 2.61. The van der Waals surface area contributed by atoms with E-state index in [4.69, 9.17) is 13.9 Å². The van der Waals surface area contributed by atoms with Crippen molar-refractivity contribution in [2.24, 2.45) is 0 Å². The van der Waals surface area contributed by atoms with E-state index >= 15 is 0 Å². The first-order valence-electron chi connectivity index (χ1n) is 7.16. The van der Waals surface area contributed by atoms with E-state index in [0.29, 0.717) is 0 Å². The van der Waals surface area contributed by atoms with E-state index in [1.54, 1.807) is 6.92 Å². The lowest BCUT2D eigenvalue weighted by Crippen LogP contribution is -2.61. The molecule has 6 heteroatoms. The van der Waals surface area contributed by atoms with Gasteiger partial charge in [0, 0.05) is 7.11 Å². The van der Waals surface area contributed by atoms with Gasteiger partial charge >= 0.3 is 0 Å². The van der Waals surface area contributed by atoms with Crippen LogP contribution in [0.25, 0.3) is 0 Å². The predicted molar refractivity (Wildman–Crippen MR) is 75.4 cm³/mol. The molecule has 1 aliphatic heterocycles. The highest BCUT2D eigenvalue weighted by molar-refractivity contribution is 6.73. The summed E-state index contributed by atoms with van der Waals surface area (Å²) in [7, 11) is -0.354. The molecule has 19 heavy (non-hydrogen) atoms. The highest BCUT2D eigenvalue weighted by Crippen LogP contribution is 2.30. The molecule has 114 valence electrons. The Kier molecular flexibility index (Phi) is 6.42. The van der Waals surface area contributed by atoms with Crippen molar-refractivity contribution in [2.75, 3.05) is 7.11 Å². The summed E-state index contributed by atoms with van der Waals surface area (Å²) in [5.74, 6) is 0. The Hall–Kier alpha value is 0.0169. The van der Waals surface area contributed by atoms with Crippen molar-refractivity contribution in [1.82, 2.24) is 0 Å². The Balaban J connectivity index is 2.88. The van der Waals surface area contributed by atoms with Gasteiger partial charge in [0.05, 0.1) is 6.10 Å². The minimum Gasteiger partial charge on any atom is -0.406 e. The summed E-state index contributed by atoms with van der Waals surface area (Å²) in [6, 6.07) is 2.93. The van der Waals surface area contributed by atoms with Crippen LogP contribution in [0, 0.1) is 0 Å². The minimum atomic E-state index is -1.89. The Morgan fingerprint density at radius 3 is 2.00 bits per heavy atom. The van der Waals surface area contributed by atoms with Crippen molar-refractivity contribution in [3.05, 3.63) is 0 Å². The Morgan fingerprint density at radius 2 is 1.58 bits per heavy atom. The maximum absolute atomic E-state index is 10.2. The van der Waals surface area contributed by atoms with Gasteiger partial charge < -0.3 is 24.1 Å². The molecule has 1 aliphatic rings. The van der Waals surface area contributed by atoms with Crippen LogP contribution in [0.4, 0.5) is 0 Å². The molecule has 5 atom stereocenters. The zero-order valence-electron chi connectivity index (χ0n) is 12.6. The molecule has 0 spiro atoms. The number of methoxy groups -OCH3 is 1. The van der Waals surface area contributed by atoms with Crippen LogP contribution in [0.1, 0.15) is 27.7 Å². The summed E-state index contributed by atoms with van der Waals surface area (Å²) in [4.78, 5) is 0. The van der Waals surface area contributed by atoms with Crippen LogP contribution >= 0.6 is 0 Å². The van der Waals surface area contributed by atoms with Crippen molar-refractivity contribution >= 4 is 8.32 Å². The van der Waals surface area contributed by atoms with E-state index < -0.39 is 39.0 Å². The van der Waals surface area contributed by atoms with Crippen molar-refractivity contribution in [2.45, 2.75) is 76.5 Å². The largest absolute Gasteiger partial charge is 0.406 e. The monoisotopic (exact) mass is 292 g/mol. The van der Waals surface area contributed by atoms with E-state index in [1.807, 2.05) is 0 Å². The van der Waals surface area contributed by atoms with Gasteiger partial charge in [-0.1, -0.05) is 20.8 Å². The van der Waals surface area contributed by atoms with Crippen LogP contribution in [-0.2, 0) is 13.9 Å². The third kappa shape index (κ3) is 3.56. The maximum atomic E-state index is 10.2. The van der Waals surface area contributed by atoms with Gasteiger partial charge in [-0.05, 0) is 25.1 Å². The second-order valence-electron chi connectivity index (χ2n) is 5.25. The third-order valence-electron chi connectivity index (χ3n) is 4.34. The van der Waals surface area contributed by atoms with Crippen molar-refractivity contribution in [3.8, 4) is 0 Å². The topological polar surface area (TPSA) is 68.2 Å². The van der Waals surface area contributed by atoms with Gasteiger partial charge in [-0.15, -0.1) is 0 Å². The molecule has 1 rings (SSSR count). The molecule has 0 aromatic heterocycles. The standard InChI is InChI=1S/C13H28O5Si/c1-6-19(7-2,8-3)18-12-11(15)10(14)9(4)17-13(12)16-5/h9-15H,6-8H2,1-5H3/t9-,10-,11+,12+,13+/m0/s1. The summed E-state index contributed by atoms with van der Waals surface area (Å²) >= 11 is 0. The van der Waals surface area contributed by atoms with Crippen molar-refractivity contribution in [1.29, 1.82) is 0 Å². The summed E-state index contributed by atoms with van der Waals surface area (Å²) < 4.78 is 17.1. The third-order valence-corrected chi connectivity index (χ3v) is 8.97. The molecule has 0 bridgehead atoms. The van der Waals surface area contributed by atoms with Crippen LogP contribution < -0.4 is 0 Å². The summed E-state index contributed by atoms with van der Waals surface area (Å²) in [5.41, 5.74) is 0. The van der Waals surface area contributed by atoms with Gasteiger partial charge in [0.25, 0.3) is 0 Å². The molecule has 1 saturated heterocycles. The molecular weight excluding hydrogens is 264 g/mol. The van der Waals surface area contributed by atoms with Gasteiger partial charge in [-0.3, -0.25) is 0 Å². The van der Waals surface area contributed by atoms with Gasteiger partial charge in [0.1, 0.15) is 18.3 Å². The van der Waals surface area contributed by atoms with Crippen LogP contribution in [-0.4, -0.2) is 56.3 Å². The van der Waals surface area contributed by atoms with Gasteiger partial charge in [-0.25, -0.2) is 0 Å². The molecule has 0 radical (unpaired) electrons. The van der Waals surface area contributed by atoms with Gasteiger partial charge in [0.15, 0.2) is 14.6 Å². The van der Waals surface area contributed by atoms with Crippen LogP contribution in [0.2, 0.25) is 18.1 Å². The van der Waals surface area contributed by atoms with Crippen LogP contribution in [0.15, 0.2) is 0 Å². The zero-order valence-corrected chi connectivity index (χ0v) is 13.6. The molecule has 1 heterocycles. The van der Waals surface area contributed by atoms with Gasteiger partial charge in [-0.2, -0.15) is 0 Å². The number of ether oxygens (including phenoxy) is 2. The van der Waals surface area contributed by atoms with Crippen LogP contribution in [0.3, 0.4) is 0 Å². The maximum Gasteiger partial charge on any atom is 0.192 e. The van der Waals surface area contributed by atoms with Crippen LogP contribution in [0.5, 0.6) is 0 Å². The average molecular weight is 292 g/mol. The highest BCUT2D eigenvalue weighted by atomic mass is 28.4. The molecular formula is C13H28O5Si. The number of hydrogen-bond acceptors (Lipinski definition) is 5. The number of rotatable bonds is 6. The van der Waals surface area contributed by atoms with E-state index in [1.165, 1.54) is 7.11 Å². The quantitative estimate of drug-likeness (QED) is 0.726. The fraction of sp³-hybridized carbons (Fsp3) is 1.00. The highest BCUT2D eigenvalue weighted by Gasteiger charge is 2.47. The van der Waals surface area contributed by atoms with E-state index in [-0.39, 0.29) is 0 Å². The van der Waals surface area contributed by atoms with E-state index in [0.717, 1.165) is 18.1 Å². The van der Waals surface area contributed by atoms with E-state index in [9.17, 15) is 10.2 Å². The lowest BCUT2D eigenvalue weighted by molar-refractivity contribution is -0.282. The molecule has 0 amide bonds. The molecule has 0 aromatic rings. The smallest absolute Gasteiger partial charge is 0.192 e. The Labute approximate surface area is 117 Å². The first-order valence-corrected chi connectivity index (χ1v) is 9.69. The SMILES string of the molecule is CC[Si](CC)(CC)O[C@H]1[C@H](OC)O[C@@H](C)[C@H](O)[C@H]1O. The number of aliphatic hydroxyl groups excluding tert-OH is 2. The zero-order chi connectivity index (χ0) is 14.6. The number of hydrogen-bond donors (Lipinski definition) is 2. The van der Waals surface area contributed by atoms with E-state index in [2.05, 4.69) is 20.8 Å². The molecule has 0 saturated carbocycles. The number of aliphatic hydroxyl groups is 2. The Bertz CT molecular complexity index is 261. The molecule has 2 N–H and O–H groups in total. The lowest BCUT2D eigenvalue weighted by atomic mass is 10.0. The predicted octanol–water partition coefficient (Wildman–Crippen LogP) is 1.49. The lowest BCUT2D eigenvalue weighted by Gasteiger charge is -2.44. The fourth-order valence-corrected chi connectivity index (χ4v) is 5.43. The average Bonchev–Trinajstić information content (AvgIpc) is 2.44. The van der Waals surface area contributed by atoms with Crippen molar-refractivity contribution < 1.29 is 24.1 Å². The normalized spacial score (nSPS) is 36.5. The molecule has 0 unspecified atom stereocenters.